The maximum absolute atomic E-state index is 11.7. The zero-order valence-electron chi connectivity index (χ0n) is 13.6. The quantitative estimate of drug-likeness (QED) is 0.792. The Labute approximate surface area is 145 Å². The number of hydrogen-bond acceptors (Lipinski definition) is 4. The first-order valence-corrected chi connectivity index (χ1v) is 8.74. The van der Waals surface area contributed by atoms with Crippen molar-refractivity contribution in [3.05, 3.63) is 51.9 Å². The Bertz CT molecular complexity index is 785. The second-order valence-electron chi connectivity index (χ2n) is 6.34. The van der Waals surface area contributed by atoms with Gasteiger partial charge in [0.15, 0.2) is 0 Å². The molecule has 1 atom stereocenters. The molecule has 1 unspecified atom stereocenters. The lowest BCUT2D eigenvalue weighted by Crippen LogP contribution is -2.44. The molecule has 0 saturated heterocycles. The van der Waals surface area contributed by atoms with Crippen LogP contribution in [0.4, 0.5) is 5.00 Å². The molecule has 2 amide bonds. The number of nitrogens with two attached hydrogens (primary N) is 2. The van der Waals surface area contributed by atoms with Crippen molar-refractivity contribution in [2.45, 2.75) is 31.6 Å². The summed E-state index contributed by atoms with van der Waals surface area (Å²) in [5.41, 5.74) is 14.0. The van der Waals surface area contributed by atoms with Gasteiger partial charge in [0.1, 0.15) is 0 Å². The number of fused-ring (bicyclic) bond motifs is 1. The highest BCUT2D eigenvalue weighted by Gasteiger charge is 2.39. The van der Waals surface area contributed by atoms with Gasteiger partial charge in [0, 0.05) is 23.8 Å². The van der Waals surface area contributed by atoms with Gasteiger partial charge in [-0.15, -0.1) is 11.3 Å². The Morgan fingerprint density at radius 3 is 2.62 bits per heavy atom. The van der Waals surface area contributed by atoms with Crippen molar-refractivity contribution in [1.29, 1.82) is 0 Å². The van der Waals surface area contributed by atoms with Gasteiger partial charge in [0.05, 0.1) is 10.6 Å². The number of anilines is 1. The summed E-state index contributed by atoms with van der Waals surface area (Å²) in [7, 11) is 0. The van der Waals surface area contributed by atoms with Crippen molar-refractivity contribution in [2.24, 2.45) is 5.73 Å². The van der Waals surface area contributed by atoms with Gasteiger partial charge in [-0.1, -0.05) is 30.3 Å². The minimum absolute atomic E-state index is 0.0420. The van der Waals surface area contributed by atoms with Crippen molar-refractivity contribution in [1.82, 2.24) is 5.32 Å². The van der Waals surface area contributed by atoms with Crippen LogP contribution in [0.2, 0.25) is 0 Å². The van der Waals surface area contributed by atoms with E-state index in [2.05, 4.69) is 17.4 Å². The number of carbonyl (C=O) groups excluding carboxylic acids is 2. The zero-order chi connectivity index (χ0) is 17.3. The van der Waals surface area contributed by atoms with E-state index in [4.69, 9.17) is 11.5 Å². The van der Waals surface area contributed by atoms with Gasteiger partial charge >= 0.3 is 0 Å². The topological polar surface area (TPSA) is 98.2 Å². The van der Waals surface area contributed by atoms with Gasteiger partial charge < -0.3 is 16.8 Å². The second-order valence-corrected chi connectivity index (χ2v) is 7.48. The number of amides is 2. The summed E-state index contributed by atoms with van der Waals surface area (Å²) in [4.78, 5) is 24.3. The molecule has 0 saturated carbocycles. The van der Waals surface area contributed by atoms with Crippen LogP contribution in [-0.2, 0) is 23.1 Å². The standard InChI is InChI=1S/C18H21N3O2S/c1-11(22)21-10-18(12-5-3-2-4-6-12)8-7-13-14(9-18)24-17(20)15(13)16(19)23/h2-6H,7-10,20H2,1H3,(H2,19,23)(H,21,22). The van der Waals surface area contributed by atoms with Crippen molar-refractivity contribution >= 4 is 28.2 Å². The number of hydrogen-bond donors (Lipinski definition) is 3. The first-order valence-electron chi connectivity index (χ1n) is 7.93. The monoisotopic (exact) mass is 343 g/mol. The summed E-state index contributed by atoms with van der Waals surface area (Å²) in [5, 5.41) is 3.47. The first-order chi connectivity index (χ1) is 11.4. The number of nitrogens with one attached hydrogen (secondary N) is 1. The van der Waals surface area contributed by atoms with Crippen LogP contribution in [0.25, 0.3) is 0 Å². The fourth-order valence-corrected chi connectivity index (χ4v) is 4.82. The van der Waals surface area contributed by atoms with Crippen LogP contribution in [0.5, 0.6) is 0 Å². The lowest BCUT2D eigenvalue weighted by molar-refractivity contribution is -0.119. The smallest absolute Gasteiger partial charge is 0.251 e. The molecule has 1 heterocycles. The molecule has 5 nitrogen and oxygen atoms in total. The molecule has 0 radical (unpaired) electrons. The van der Waals surface area contributed by atoms with Crippen LogP contribution in [0, 0.1) is 0 Å². The van der Waals surface area contributed by atoms with Crippen LogP contribution in [0.1, 0.15) is 39.7 Å². The van der Waals surface area contributed by atoms with Crippen molar-refractivity contribution in [3.8, 4) is 0 Å². The fraction of sp³-hybridized carbons (Fsp3) is 0.333. The van der Waals surface area contributed by atoms with E-state index in [0.717, 1.165) is 29.7 Å². The Morgan fingerprint density at radius 2 is 2.00 bits per heavy atom. The average Bonchev–Trinajstić information content (AvgIpc) is 2.88. The van der Waals surface area contributed by atoms with E-state index in [1.165, 1.54) is 23.8 Å². The predicted octanol–water partition coefficient (Wildman–Crippen LogP) is 1.99. The minimum Gasteiger partial charge on any atom is -0.390 e. The van der Waals surface area contributed by atoms with Crippen LogP contribution in [-0.4, -0.2) is 18.4 Å². The molecule has 2 aromatic rings. The van der Waals surface area contributed by atoms with Crippen LogP contribution in [0.15, 0.2) is 30.3 Å². The normalized spacial score (nSPS) is 19.5. The van der Waals surface area contributed by atoms with Crippen LogP contribution >= 0.6 is 11.3 Å². The largest absolute Gasteiger partial charge is 0.390 e. The average molecular weight is 343 g/mol. The lowest BCUT2D eigenvalue weighted by atomic mass is 9.69. The Balaban J connectivity index is 2.02. The van der Waals surface area contributed by atoms with E-state index in [9.17, 15) is 9.59 Å². The Hall–Kier alpha value is -2.34. The zero-order valence-corrected chi connectivity index (χ0v) is 14.4. The minimum atomic E-state index is -0.459. The van der Waals surface area contributed by atoms with E-state index >= 15 is 0 Å². The molecule has 0 spiro atoms. The Kier molecular flexibility index (Phi) is 4.32. The summed E-state index contributed by atoms with van der Waals surface area (Å²) in [6.07, 6.45) is 2.31. The summed E-state index contributed by atoms with van der Waals surface area (Å²) in [6, 6.07) is 10.2. The van der Waals surface area contributed by atoms with Gasteiger partial charge in [0.2, 0.25) is 5.91 Å². The van der Waals surface area contributed by atoms with Gasteiger partial charge in [-0.05, 0) is 30.4 Å². The molecule has 0 fully saturated rings. The fourth-order valence-electron chi connectivity index (χ4n) is 3.56. The van der Waals surface area contributed by atoms with Gasteiger partial charge in [-0.3, -0.25) is 9.59 Å². The summed E-state index contributed by atoms with van der Waals surface area (Å²) >= 11 is 1.44. The molecule has 6 heteroatoms. The summed E-state index contributed by atoms with van der Waals surface area (Å²) in [5.74, 6) is -0.501. The number of carbonyl (C=O) groups is 2. The molecule has 3 rings (SSSR count). The molecule has 24 heavy (non-hydrogen) atoms. The summed E-state index contributed by atoms with van der Waals surface area (Å²) < 4.78 is 0. The molecule has 0 bridgehead atoms. The maximum Gasteiger partial charge on any atom is 0.251 e. The molecule has 1 aromatic heterocycles. The molecule has 126 valence electrons. The van der Waals surface area contributed by atoms with Gasteiger partial charge in [-0.2, -0.15) is 0 Å². The van der Waals surface area contributed by atoms with Gasteiger partial charge in [-0.25, -0.2) is 0 Å². The maximum atomic E-state index is 11.7. The number of thiophene rings is 1. The number of benzene rings is 1. The highest BCUT2D eigenvalue weighted by Crippen LogP contribution is 2.44. The van der Waals surface area contributed by atoms with Crippen molar-refractivity contribution in [3.63, 3.8) is 0 Å². The highest BCUT2D eigenvalue weighted by molar-refractivity contribution is 7.16. The second kappa shape index (κ2) is 6.28. The number of primary amides is 1. The lowest BCUT2D eigenvalue weighted by Gasteiger charge is -2.38. The van der Waals surface area contributed by atoms with Gasteiger partial charge in [0.25, 0.3) is 5.91 Å². The molecule has 0 aliphatic heterocycles. The highest BCUT2D eigenvalue weighted by atomic mass is 32.1. The van der Waals surface area contributed by atoms with Crippen LogP contribution in [0.3, 0.4) is 0 Å². The van der Waals surface area contributed by atoms with Crippen molar-refractivity contribution in [2.75, 3.05) is 12.3 Å². The Morgan fingerprint density at radius 1 is 1.29 bits per heavy atom. The molecule has 1 aliphatic rings. The van der Waals surface area contributed by atoms with Crippen LogP contribution < -0.4 is 16.8 Å². The predicted molar refractivity (Wildman–Crippen MR) is 96.1 cm³/mol. The molecular formula is C18H21N3O2S. The van der Waals surface area contributed by atoms with E-state index < -0.39 is 5.91 Å². The van der Waals surface area contributed by atoms with Crippen molar-refractivity contribution < 1.29 is 9.59 Å². The van der Waals surface area contributed by atoms with E-state index in [-0.39, 0.29) is 11.3 Å². The first kappa shape index (κ1) is 16.5. The SMILES string of the molecule is CC(=O)NCC1(c2ccccc2)CCc2c(sc(N)c2C(N)=O)C1. The van der Waals surface area contributed by atoms with E-state index in [1.54, 1.807) is 0 Å². The number of rotatable bonds is 4. The number of nitrogen functional groups attached to an aromatic ring is 1. The molecule has 1 aliphatic carbocycles. The third-order valence-corrected chi connectivity index (χ3v) is 5.84. The molecule has 1 aromatic carbocycles. The van der Waals surface area contributed by atoms with E-state index in [0.29, 0.717) is 17.1 Å². The third kappa shape index (κ3) is 2.89. The third-order valence-electron chi connectivity index (χ3n) is 4.78. The van der Waals surface area contributed by atoms with E-state index in [1.807, 2.05) is 18.2 Å². The summed E-state index contributed by atoms with van der Waals surface area (Å²) in [6.45, 7) is 2.09. The molecular weight excluding hydrogens is 322 g/mol. The molecule has 5 N–H and O–H groups in total.